The van der Waals surface area contributed by atoms with Crippen molar-refractivity contribution in [1.29, 1.82) is 0 Å². The van der Waals surface area contributed by atoms with Crippen molar-refractivity contribution in [3.63, 3.8) is 0 Å². The Balaban J connectivity index is 2.22. The predicted octanol–water partition coefficient (Wildman–Crippen LogP) is 5.14. The first-order chi connectivity index (χ1) is 16.2. The zero-order chi connectivity index (χ0) is 25.1. The van der Waals surface area contributed by atoms with Crippen molar-refractivity contribution in [1.82, 2.24) is 10.2 Å². The van der Waals surface area contributed by atoms with Crippen LogP contribution in [0.4, 0.5) is 0 Å². The smallest absolute Gasteiger partial charge is 0.243 e. The SMILES string of the molecule is CCOc1ccc(CCC(=O)N(Cc2ccccc2)C(CC)C(=O)NC(C)(C)C)cc1OCC. The second-order valence-electron chi connectivity index (χ2n) is 9.32. The van der Waals surface area contributed by atoms with Gasteiger partial charge < -0.3 is 19.7 Å². The van der Waals surface area contributed by atoms with Gasteiger partial charge in [-0.15, -0.1) is 0 Å². The molecular formula is C28H40N2O4. The van der Waals surface area contributed by atoms with Gasteiger partial charge in [-0.1, -0.05) is 43.3 Å². The molecule has 0 saturated heterocycles. The molecule has 186 valence electrons. The van der Waals surface area contributed by atoms with Crippen LogP contribution in [0.2, 0.25) is 0 Å². The third-order valence-electron chi connectivity index (χ3n) is 5.32. The number of aryl methyl sites for hydroxylation is 1. The monoisotopic (exact) mass is 468 g/mol. The van der Waals surface area contributed by atoms with Gasteiger partial charge in [0.15, 0.2) is 11.5 Å². The molecule has 1 unspecified atom stereocenters. The van der Waals surface area contributed by atoms with E-state index in [2.05, 4.69) is 5.32 Å². The molecule has 2 aromatic carbocycles. The summed E-state index contributed by atoms with van der Waals surface area (Å²) in [4.78, 5) is 28.3. The molecule has 0 aliphatic carbocycles. The lowest BCUT2D eigenvalue weighted by atomic mass is 10.0. The molecule has 1 N–H and O–H groups in total. The highest BCUT2D eigenvalue weighted by molar-refractivity contribution is 5.88. The van der Waals surface area contributed by atoms with E-state index in [1.165, 1.54) is 0 Å². The van der Waals surface area contributed by atoms with Gasteiger partial charge in [0.05, 0.1) is 13.2 Å². The number of hydrogen-bond acceptors (Lipinski definition) is 4. The van der Waals surface area contributed by atoms with Gasteiger partial charge in [0, 0.05) is 18.5 Å². The maximum atomic E-state index is 13.5. The molecule has 2 aromatic rings. The summed E-state index contributed by atoms with van der Waals surface area (Å²) < 4.78 is 11.4. The van der Waals surface area contributed by atoms with Gasteiger partial charge in [0.1, 0.15) is 6.04 Å². The fourth-order valence-electron chi connectivity index (χ4n) is 3.80. The van der Waals surface area contributed by atoms with E-state index < -0.39 is 6.04 Å². The van der Waals surface area contributed by atoms with Gasteiger partial charge in [-0.25, -0.2) is 0 Å². The van der Waals surface area contributed by atoms with Gasteiger partial charge in [0.2, 0.25) is 11.8 Å². The molecule has 6 heteroatoms. The molecule has 34 heavy (non-hydrogen) atoms. The van der Waals surface area contributed by atoms with Crippen molar-refractivity contribution < 1.29 is 19.1 Å². The molecule has 0 radical (unpaired) electrons. The molecular weight excluding hydrogens is 428 g/mol. The van der Waals surface area contributed by atoms with Gasteiger partial charge in [-0.05, 0) is 70.7 Å². The summed E-state index contributed by atoms with van der Waals surface area (Å²) in [5.74, 6) is 1.21. The highest BCUT2D eigenvalue weighted by Crippen LogP contribution is 2.29. The molecule has 2 amide bonds. The second-order valence-corrected chi connectivity index (χ2v) is 9.32. The fourth-order valence-corrected chi connectivity index (χ4v) is 3.80. The van der Waals surface area contributed by atoms with E-state index in [9.17, 15) is 9.59 Å². The van der Waals surface area contributed by atoms with Crippen LogP contribution in [0, 0.1) is 0 Å². The third kappa shape index (κ3) is 8.40. The van der Waals surface area contributed by atoms with Crippen molar-refractivity contribution in [2.45, 2.75) is 78.9 Å². The van der Waals surface area contributed by atoms with Crippen LogP contribution in [0.25, 0.3) is 0 Å². The molecule has 0 spiro atoms. The van der Waals surface area contributed by atoms with Crippen LogP contribution < -0.4 is 14.8 Å². The standard InChI is InChI=1S/C28H40N2O4/c1-7-23(27(32)29-28(4,5)6)30(20-22-13-11-10-12-14-22)26(31)18-16-21-15-17-24(33-8-2)25(19-21)34-9-3/h10-15,17,19,23H,7-9,16,18,20H2,1-6H3,(H,29,32). The Bertz CT molecular complexity index is 922. The Labute approximate surface area is 204 Å². The first-order valence-corrected chi connectivity index (χ1v) is 12.2. The van der Waals surface area contributed by atoms with Gasteiger partial charge >= 0.3 is 0 Å². The number of amides is 2. The first kappa shape index (κ1) is 27.2. The molecule has 0 saturated carbocycles. The molecule has 0 aliphatic rings. The largest absolute Gasteiger partial charge is 0.490 e. The number of nitrogens with zero attached hydrogens (tertiary/aromatic N) is 1. The normalized spacial score (nSPS) is 12.1. The van der Waals surface area contributed by atoms with Crippen LogP contribution in [0.1, 0.15) is 65.5 Å². The maximum Gasteiger partial charge on any atom is 0.243 e. The summed E-state index contributed by atoms with van der Waals surface area (Å²) in [6.45, 7) is 13.1. The molecule has 0 aromatic heterocycles. The zero-order valence-corrected chi connectivity index (χ0v) is 21.5. The summed E-state index contributed by atoms with van der Waals surface area (Å²) in [6, 6.07) is 15.1. The molecule has 0 aliphatic heterocycles. The van der Waals surface area contributed by atoms with E-state index in [1.54, 1.807) is 4.90 Å². The number of rotatable bonds is 12. The number of nitrogens with one attached hydrogen (secondary N) is 1. The maximum absolute atomic E-state index is 13.5. The Morgan fingerprint density at radius 2 is 1.56 bits per heavy atom. The Hall–Kier alpha value is -3.02. The lowest BCUT2D eigenvalue weighted by Crippen LogP contribution is -2.53. The Kier molecular flexibility index (Phi) is 10.4. The number of benzene rings is 2. The van der Waals surface area contributed by atoms with Crippen molar-refractivity contribution in [2.75, 3.05) is 13.2 Å². The van der Waals surface area contributed by atoms with Crippen LogP contribution >= 0.6 is 0 Å². The highest BCUT2D eigenvalue weighted by Gasteiger charge is 2.30. The minimum absolute atomic E-state index is 0.0494. The van der Waals surface area contributed by atoms with E-state index in [4.69, 9.17) is 9.47 Å². The minimum Gasteiger partial charge on any atom is -0.490 e. The minimum atomic E-state index is -0.536. The topological polar surface area (TPSA) is 67.9 Å². The average Bonchev–Trinajstić information content (AvgIpc) is 2.78. The van der Waals surface area contributed by atoms with Crippen LogP contribution in [-0.4, -0.2) is 41.5 Å². The van der Waals surface area contributed by atoms with Crippen LogP contribution in [0.15, 0.2) is 48.5 Å². The van der Waals surface area contributed by atoms with Crippen molar-refractivity contribution in [2.24, 2.45) is 0 Å². The van der Waals surface area contributed by atoms with E-state index >= 15 is 0 Å². The molecule has 0 fully saturated rings. The van der Waals surface area contributed by atoms with Crippen LogP contribution in [0.3, 0.4) is 0 Å². The van der Waals surface area contributed by atoms with E-state index in [0.717, 1.165) is 11.1 Å². The Morgan fingerprint density at radius 1 is 0.912 bits per heavy atom. The summed E-state index contributed by atoms with van der Waals surface area (Å²) >= 11 is 0. The van der Waals surface area contributed by atoms with E-state index in [-0.39, 0.29) is 17.4 Å². The quantitative estimate of drug-likeness (QED) is 0.468. The molecule has 6 nitrogen and oxygen atoms in total. The second kappa shape index (κ2) is 13.0. The molecule has 2 rings (SSSR count). The average molecular weight is 469 g/mol. The first-order valence-electron chi connectivity index (χ1n) is 12.2. The summed E-state index contributed by atoms with van der Waals surface area (Å²) in [5.41, 5.74) is 1.62. The molecule has 1 atom stereocenters. The molecule has 0 heterocycles. The zero-order valence-electron chi connectivity index (χ0n) is 21.5. The lowest BCUT2D eigenvalue weighted by Gasteiger charge is -2.33. The Morgan fingerprint density at radius 3 is 2.15 bits per heavy atom. The van der Waals surface area contributed by atoms with Crippen molar-refractivity contribution in [3.8, 4) is 11.5 Å². The van der Waals surface area contributed by atoms with Gasteiger partial charge in [0.25, 0.3) is 0 Å². The van der Waals surface area contributed by atoms with Crippen molar-refractivity contribution in [3.05, 3.63) is 59.7 Å². The van der Waals surface area contributed by atoms with Crippen LogP contribution in [0.5, 0.6) is 11.5 Å². The van der Waals surface area contributed by atoms with Crippen LogP contribution in [-0.2, 0) is 22.6 Å². The predicted molar refractivity (Wildman–Crippen MR) is 136 cm³/mol. The molecule has 0 bridgehead atoms. The summed E-state index contributed by atoms with van der Waals surface area (Å²) in [7, 11) is 0. The summed E-state index contributed by atoms with van der Waals surface area (Å²) in [5, 5.41) is 3.04. The third-order valence-corrected chi connectivity index (χ3v) is 5.32. The highest BCUT2D eigenvalue weighted by atomic mass is 16.5. The van der Waals surface area contributed by atoms with E-state index in [0.29, 0.717) is 50.5 Å². The lowest BCUT2D eigenvalue weighted by molar-refractivity contribution is -0.142. The van der Waals surface area contributed by atoms with Gasteiger partial charge in [-0.2, -0.15) is 0 Å². The number of carbonyl (C=O) groups excluding carboxylic acids is 2. The number of ether oxygens (including phenoxy) is 2. The number of hydrogen-bond donors (Lipinski definition) is 1. The summed E-state index contributed by atoms with van der Waals surface area (Å²) in [6.07, 6.45) is 1.39. The van der Waals surface area contributed by atoms with Crippen molar-refractivity contribution >= 4 is 11.8 Å². The number of carbonyl (C=O) groups is 2. The van der Waals surface area contributed by atoms with E-state index in [1.807, 2.05) is 90.1 Å². The fraction of sp³-hybridized carbons (Fsp3) is 0.500. The van der Waals surface area contributed by atoms with Gasteiger partial charge in [-0.3, -0.25) is 9.59 Å².